The first-order chi connectivity index (χ1) is 7.13. The molecule has 0 aliphatic rings. The maximum atomic E-state index is 12.9. The molecule has 0 aliphatic carbocycles. The van der Waals surface area contributed by atoms with Gasteiger partial charge in [-0.25, -0.2) is 4.39 Å². The molecule has 0 radical (unpaired) electrons. The first-order valence-electron chi connectivity index (χ1n) is 5.25. The van der Waals surface area contributed by atoms with Crippen molar-refractivity contribution in [2.45, 2.75) is 26.0 Å². The largest absolute Gasteiger partial charge is 0.398 e. The number of rotatable bonds is 5. The molecule has 0 saturated carbocycles. The zero-order valence-electron chi connectivity index (χ0n) is 9.29. The highest BCUT2D eigenvalue weighted by Gasteiger charge is 2.03. The average molecular weight is 227 g/mol. The number of anilines is 1. The summed E-state index contributed by atoms with van der Waals surface area (Å²) in [6, 6.07) is 4.56. The van der Waals surface area contributed by atoms with Crippen molar-refractivity contribution in [1.82, 2.24) is 0 Å². The molecule has 1 unspecified atom stereocenters. The zero-order valence-corrected chi connectivity index (χ0v) is 10.1. The van der Waals surface area contributed by atoms with Gasteiger partial charge in [-0.05, 0) is 35.4 Å². The van der Waals surface area contributed by atoms with Gasteiger partial charge in [-0.2, -0.15) is 11.8 Å². The summed E-state index contributed by atoms with van der Waals surface area (Å²) >= 11 is 1.82. The SMILES string of the molecule is CCC(C)CSCc1cc(F)ccc1N. The molecule has 0 bridgehead atoms. The van der Waals surface area contributed by atoms with Crippen LogP contribution in [0.1, 0.15) is 25.8 Å². The first-order valence-corrected chi connectivity index (χ1v) is 6.40. The van der Waals surface area contributed by atoms with E-state index >= 15 is 0 Å². The van der Waals surface area contributed by atoms with E-state index in [1.807, 2.05) is 11.8 Å². The summed E-state index contributed by atoms with van der Waals surface area (Å²) in [4.78, 5) is 0. The number of thioether (sulfide) groups is 1. The van der Waals surface area contributed by atoms with E-state index in [2.05, 4.69) is 13.8 Å². The Bertz CT molecular complexity index is 314. The van der Waals surface area contributed by atoms with Crippen LogP contribution >= 0.6 is 11.8 Å². The lowest BCUT2D eigenvalue weighted by Gasteiger charge is -2.09. The van der Waals surface area contributed by atoms with E-state index in [0.29, 0.717) is 11.6 Å². The molecular formula is C12H18FNS. The van der Waals surface area contributed by atoms with Crippen LogP contribution < -0.4 is 5.73 Å². The topological polar surface area (TPSA) is 26.0 Å². The molecule has 0 aromatic heterocycles. The second kappa shape index (κ2) is 6.01. The third-order valence-electron chi connectivity index (χ3n) is 2.46. The van der Waals surface area contributed by atoms with Crippen molar-refractivity contribution in [3.05, 3.63) is 29.6 Å². The Morgan fingerprint density at radius 3 is 2.87 bits per heavy atom. The minimum absolute atomic E-state index is 0.205. The first kappa shape index (κ1) is 12.4. The van der Waals surface area contributed by atoms with E-state index in [1.54, 1.807) is 6.07 Å². The summed E-state index contributed by atoms with van der Waals surface area (Å²) in [5.74, 6) is 2.41. The quantitative estimate of drug-likeness (QED) is 0.776. The van der Waals surface area contributed by atoms with E-state index in [1.165, 1.54) is 18.6 Å². The Hall–Kier alpha value is -0.700. The molecule has 0 aliphatic heterocycles. The molecule has 1 rings (SSSR count). The molecule has 0 saturated heterocycles. The van der Waals surface area contributed by atoms with E-state index < -0.39 is 0 Å². The molecule has 1 atom stereocenters. The number of hydrogen-bond acceptors (Lipinski definition) is 2. The molecule has 1 nitrogen and oxygen atoms in total. The molecule has 0 amide bonds. The van der Waals surface area contributed by atoms with Gasteiger partial charge in [0.2, 0.25) is 0 Å². The third kappa shape index (κ3) is 4.12. The van der Waals surface area contributed by atoms with Crippen molar-refractivity contribution in [3.8, 4) is 0 Å². The molecule has 0 fully saturated rings. The monoisotopic (exact) mass is 227 g/mol. The van der Waals surface area contributed by atoms with Gasteiger partial charge in [0.15, 0.2) is 0 Å². The molecule has 1 aromatic carbocycles. The average Bonchev–Trinajstić information content (AvgIpc) is 2.23. The molecule has 2 N–H and O–H groups in total. The predicted octanol–water partition coefficient (Wildman–Crippen LogP) is 3.69. The molecule has 15 heavy (non-hydrogen) atoms. The van der Waals surface area contributed by atoms with Crippen LogP contribution in [0.2, 0.25) is 0 Å². The Balaban J connectivity index is 2.46. The van der Waals surface area contributed by atoms with Gasteiger partial charge in [-0.3, -0.25) is 0 Å². The Labute approximate surface area is 95.2 Å². The summed E-state index contributed by atoms with van der Waals surface area (Å²) in [6.07, 6.45) is 1.19. The fourth-order valence-electron chi connectivity index (χ4n) is 1.19. The van der Waals surface area contributed by atoms with E-state index in [-0.39, 0.29) is 5.82 Å². The van der Waals surface area contributed by atoms with Gasteiger partial charge in [0, 0.05) is 11.4 Å². The summed E-state index contributed by atoms with van der Waals surface area (Å²) in [5, 5.41) is 0. The van der Waals surface area contributed by atoms with Gasteiger partial charge in [0.05, 0.1) is 0 Å². The number of hydrogen-bond donors (Lipinski definition) is 1. The molecule has 0 spiro atoms. The maximum Gasteiger partial charge on any atom is 0.123 e. The van der Waals surface area contributed by atoms with Crippen LogP contribution in [-0.4, -0.2) is 5.75 Å². The van der Waals surface area contributed by atoms with Gasteiger partial charge < -0.3 is 5.73 Å². The van der Waals surface area contributed by atoms with Crippen LogP contribution in [0.4, 0.5) is 10.1 Å². The third-order valence-corrected chi connectivity index (χ3v) is 3.78. The summed E-state index contributed by atoms with van der Waals surface area (Å²) in [7, 11) is 0. The second-order valence-corrected chi connectivity index (χ2v) is 4.90. The van der Waals surface area contributed by atoms with Crippen LogP contribution in [-0.2, 0) is 5.75 Å². The van der Waals surface area contributed by atoms with Gasteiger partial charge in [-0.15, -0.1) is 0 Å². The number of benzene rings is 1. The normalized spacial score (nSPS) is 12.7. The lowest BCUT2D eigenvalue weighted by atomic mass is 10.2. The minimum atomic E-state index is -0.205. The molecule has 0 heterocycles. The lowest BCUT2D eigenvalue weighted by molar-refractivity contribution is 0.626. The van der Waals surface area contributed by atoms with Crippen LogP contribution in [0.3, 0.4) is 0 Å². The second-order valence-electron chi connectivity index (χ2n) is 3.87. The van der Waals surface area contributed by atoms with Gasteiger partial charge in [0.1, 0.15) is 5.82 Å². The van der Waals surface area contributed by atoms with E-state index in [0.717, 1.165) is 17.1 Å². The molecule has 1 aromatic rings. The van der Waals surface area contributed by atoms with Crippen LogP contribution in [0.25, 0.3) is 0 Å². The molecular weight excluding hydrogens is 209 g/mol. The number of halogens is 1. The van der Waals surface area contributed by atoms with Crippen molar-refractivity contribution >= 4 is 17.4 Å². The fraction of sp³-hybridized carbons (Fsp3) is 0.500. The fourth-order valence-corrected chi connectivity index (χ4v) is 2.41. The van der Waals surface area contributed by atoms with Crippen molar-refractivity contribution < 1.29 is 4.39 Å². The van der Waals surface area contributed by atoms with Crippen LogP contribution in [0, 0.1) is 11.7 Å². The van der Waals surface area contributed by atoms with Crippen molar-refractivity contribution in [2.24, 2.45) is 5.92 Å². The standard InChI is InChI=1S/C12H18FNS/c1-3-9(2)7-15-8-10-6-11(13)4-5-12(10)14/h4-6,9H,3,7-8,14H2,1-2H3. The predicted molar refractivity (Wildman–Crippen MR) is 66.4 cm³/mol. The highest BCUT2D eigenvalue weighted by atomic mass is 32.2. The summed E-state index contributed by atoms with van der Waals surface area (Å²) < 4.78 is 12.9. The Kier molecular flexibility index (Phi) is 4.95. The Morgan fingerprint density at radius 1 is 1.47 bits per heavy atom. The number of nitrogen functional groups attached to an aromatic ring is 1. The lowest BCUT2D eigenvalue weighted by Crippen LogP contribution is -1.98. The van der Waals surface area contributed by atoms with Gasteiger partial charge >= 0.3 is 0 Å². The number of nitrogens with two attached hydrogens (primary N) is 1. The minimum Gasteiger partial charge on any atom is -0.398 e. The van der Waals surface area contributed by atoms with E-state index in [4.69, 9.17) is 5.73 Å². The molecule has 84 valence electrons. The van der Waals surface area contributed by atoms with Crippen LogP contribution in [0.5, 0.6) is 0 Å². The van der Waals surface area contributed by atoms with Crippen LogP contribution in [0.15, 0.2) is 18.2 Å². The zero-order chi connectivity index (χ0) is 11.3. The van der Waals surface area contributed by atoms with Crippen molar-refractivity contribution in [1.29, 1.82) is 0 Å². The molecule has 3 heteroatoms. The van der Waals surface area contributed by atoms with Gasteiger partial charge in [0.25, 0.3) is 0 Å². The summed E-state index contributed by atoms with van der Waals surface area (Å²) in [5.41, 5.74) is 7.35. The summed E-state index contributed by atoms with van der Waals surface area (Å²) in [6.45, 7) is 4.41. The van der Waals surface area contributed by atoms with Crippen molar-refractivity contribution in [3.63, 3.8) is 0 Å². The maximum absolute atomic E-state index is 12.9. The van der Waals surface area contributed by atoms with Gasteiger partial charge in [-0.1, -0.05) is 20.3 Å². The Morgan fingerprint density at radius 2 is 2.20 bits per heavy atom. The van der Waals surface area contributed by atoms with Crippen molar-refractivity contribution in [2.75, 3.05) is 11.5 Å². The highest BCUT2D eigenvalue weighted by Crippen LogP contribution is 2.21. The smallest absolute Gasteiger partial charge is 0.123 e. The highest BCUT2D eigenvalue weighted by molar-refractivity contribution is 7.98. The van der Waals surface area contributed by atoms with E-state index in [9.17, 15) is 4.39 Å².